The lowest BCUT2D eigenvalue weighted by Crippen LogP contribution is -2.32. The van der Waals surface area contributed by atoms with E-state index in [0.717, 1.165) is 27.4 Å². The summed E-state index contributed by atoms with van der Waals surface area (Å²) in [6.07, 6.45) is 6.92. The zero-order valence-electron chi connectivity index (χ0n) is 12.5. The summed E-state index contributed by atoms with van der Waals surface area (Å²) in [7, 11) is 0. The summed E-state index contributed by atoms with van der Waals surface area (Å²) in [4.78, 5) is 29.1. The fourth-order valence-electron chi connectivity index (χ4n) is 3.04. The molecule has 1 aliphatic heterocycles. The van der Waals surface area contributed by atoms with Crippen LogP contribution in [0.15, 0.2) is 48.5 Å². The Morgan fingerprint density at radius 3 is 2.96 bits per heavy atom. The van der Waals surface area contributed by atoms with E-state index >= 15 is 0 Å². The van der Waals surface area contributed by atoms with Gasteiger partial charge < -0.3 is 0 Å². The molecule has 8 heteroatoms. The second-order valence-corrected chi connectivity index (χ2v) is 6.40. The highest BCUT2D eigenvalue weighted by Crippen LogP contribution is 2.28. The first-order valence-electron chi connectivity index (χ1n) is 7.50. The molecule has 1 saturated heterocycles. The zero-order valence-corrected chi connectivity index (χ0v) is 13.3. The number of hydrogen-bond donors (Lipinski definition) is 0. The lowest BCUT2D eigenvalue weighted by molar-refractivity contribution is 0.255. The molecule has 0 atom stereocenters. The van der Waals surface area contributed by atoms with E-state index in [2.05, 4.69) is 15.0 Å². The number of thiazole rings is 1. The van der Waals surface area contributed by atoms with Gasteiger partial charge in [-0.25, -0.2) is 14.8 Å². The van der Waals surface area contributed by atoms with Crippen molar-refractivity contribution in [3.05, 3.63) is 48.5 Å². The highest BCUT2D eigenvalue weighted by atomic mass is 32.1. The predicted octanol–water partition coefficient (Wildman–Crippen LogP) is 2.79. The smallest absolute Gasteiger partial charge is 0.292 e. The maximum absolute atomic E-state index is 12.9. The molecule has 1 aliphatic rings. The van der Waals surface area contributed by atoms with Crippen molar-refractivity contribution < 1.29 is 4.79 Å². The second kappa shape index (κ2) is 5.00. The van der Waals surface area contributed by atoms with Crippen LogP contribution in [0.4, 0.5) is 16.3 Å². The molecule has 0 bridgehead atoms. The molecule has 0 spiro atoms. The van der Waals surface area contributed by atoms with Gasteiger partial charge in [0.2, 0.25) is 0 Å². The van der Waals surface area contributed by atoms with Crippen LogP contribution in [-0.4, -0.2) is 38.5 Å². The summed E-state index contributed by atoms with van der Waals surface area (Å²) < 4.78 is 2.96. The lowest BCUT2D eigenvalue weighted by Gasteiger charge is -2.19. The fraction of sp³-hybridized carbons (Fsp3) is 0.125. The van der Waals surface area contributed by atoms with Gasteiger partial charge in [-0.1, -0.05) is 0 Å². The van der Waals surface area contributed by atoms with E-state index in [0.29, 0.717) is 13.1 Å². The third kappa shape index (κ3) is 1.89. The molecule has 0 aliphatic carbocycles. The number of urea groups is 1. The van der Waals surface area contributed by atoms with Crippen molar-refractivity contribution >= 4 is 44.7 Å². The zero-order chi connectivity index (χ0) is 16.1. The maximum Gasteiger partial charge on any atom is 0.330 e. The Bertz CT molecular complexity index is 1070. The van der Waals surface area contributed by atoms with Crippen LogP contribution in [0.3, 0.4) is 0 Å². The molecule has 4 aromatic rings. The van der Waals surface area contributed by atoms with Crippen molar-refractivity contribution in [2.24, 2.45) is 0 Å². The lowest BCUT2D eigenvalue weighted by atomic mass is 10.3. The van der Waals surface area contributed by atoms with Crippen LogP contribution in [-0.2, 0) is 0 Å². The van der Waals surface area contributed by atoms with E-state index in [9.17, 15) is 4.79 Å². The van der Waals surface area contributed by atoms with Gasteiger partial charge in [-0.2, -0.15) is 0 Å². The number of rotatable bonds is 2. The van der Waals surface area contributed by atoms with Crippen LogP contribution in [0.2, 0.25) is 0 Å². The van der Waals surface area contributed by atoms with E-state index in [1.807, 2.05) is 34.3 Å². The highest BCUT2D eigenvalue weighted by molar-refractivity contribution is 7.16. The summed E-state index contributed by atoms with van der Waals surface area (Å²) in [5, 5.41) is 0. The summed E-state index contributed by atoms with van der Waals surface area (Å²) in [5.74, 6) is 0.733. The number of amides is 2. The molecule has 24 heavy (non-hydrogen) atoms. The first kappa shape index (κ1) is 13.4. The van der Waals surface area contributed by atoms with Gasteiger partial charge in [0, 0.05) is 31.2 Å². The molecule has 0 saturated carbocycles. The minimum atomic E-state index is -0.0538. The van der Waals surface area contributed by atoms with E-state index in [1.165, 1.54) is 0 Å². The van der Waals surface area contributed by atoms with E-state index in [-0.39, 0.29) is 6.03 Å². The number of carbonyl (C=O) groups excluding carboxylic acids is 1. The second-order valence-electron chi connectivity index (χ2n) is 5.51. The predicted molar refractivity (Wildman–Crippen MR) is 92.7 cm³/mol. The Morgan fingerprint density at radius 2 is 2.00 bits per heavy atom. The van der Waals surface area contributed by atoms with Crippen molar-refractivity contribution in [1.82, 2.24) is 19.4 Å². The third-order valence-electron chi connectivity index (χ3n) is 4.21. The minimum absolute atomic E-state index is 0.0538. The van der Waals surface area contributed by atoms with E-state index < -0.39 is 0 Å². The van der Waals surface area contributed by atoms with Crippen molar-refractivity contribution in [2.45, 2.75) is 0 Å². The van der Waals surface area contributed by atoms with Gasteiger partial charge in [0.05, 0.1) is 28.1 Å². The number of imidazole rings is 1. The third-order valence-corrected chi connectivity index (χ3v) is 5.00. The van der Waals surface area contributed by atoms with Crippen LogP contribution in [0, 0.1) is 0 Å². The van der Waals surface area contributed by atoms with Crippen molar-refractivity contribution in [3.63, 3.8) is 0 Å². The van der Waals surface area contributed by atoms with Crippen molar-refractivity contribution in [2.75, 3.05) is 22.9 Å². The summed E-state index contributed by atoms with van der Waals surface area (Å²) in [5.41, 5.74) is 4.40. The Labute approximate surface area is 140 Å². The fourth-order valence-corrected chi connectivity index (χ4v) is 3.75. The Balaban J connectivity index is 1.53. The molecule has 2 amide bonds. The van der Waals surface area contributed by atoms with Crippen molar-refractivity contribution in [3.8, 4) is 0 Å². The Hall–Kier alpha value is -3.00. The number of fused-ring (bicyclic) bond motifs is 2. The average molecular weight is 336 g/mol. The number of nitrogens with zero attached hydrogens (tertiary/aromatic N) is 6. The molecule has 0 N–H and O–H groups in total. The Kier molecular flexibility index (Phi) is 2.80. The quantitative estimate of drug-likeness (QED) is 0.564. The minimum Gasteiger partial charge on any atom is -0.292 e. The number of benzene rings is 1. The standard InChI is InChI=1S/C16H12N6OS/c23-16-20(11-1-2-12-13(7-11)24-10-19-12)5-6-22(16)15-9-17-8-14-18-3-4-21(14)15/h1-4,7-10H,5-6H2. The van der Waals surface area contributed by atoms with Gasteiger partial charge in [-0.15, -0.1) is 11.3 Å². The van der Waals surface area contributed by atoms with Crippen LogP contribution in [0.1, 0.15) is 0 Å². The van der Waals surface area contributed by atoms with Crippen LogP contribution in [0.25, 0.3) is 15.9 Å². The van der Waals surface area contributed by atoms with Gasteiger partial charge >= 0.3 is 6.03 Å². The van der Waals surface area contributed by atoms with Gasteiger partial charge in [-0.05, 0) is 18.2 Å². The highest BCUT2D eigenvalue weighted by Gasteiger charge is 2.32. The first-order chi connectivity index (χ1) is 11.8. The Morgan fingerprint density at radius 1 is 1.08 bits per heavy atom. The van der Waals surface area contributed by atoms with E-state index in [1.54, 1.807) is 39.7 Å². The molecular weight excluding hydrogens is 324 g/mol. The number of carbonyl (C=O) groups is 1. The molecule has 3 aromatic heterocycles. The average Bonchev–Trinajstić information content (AvgIpc) is 3.32. The summed E-state index contributed by atoms with van der Waals surface area (Å²) in [6.45, 7) is 1.24. The molecule has 118 valence electrons. The molecule has 5 rings (SSSR count). The van der Waals surface area contributed by atoms with E-state index in [4.69, 9.17) is 0 Å². The molecule has 1 fully saturated rings. The molecule has 0 unspecified atom stereocenters. The topological polar surface area (TPSA) is 66.6 Å². The van der Waals surface area contributed by atoms with Crippen LogP contribution >= 0.6 is 11.3 Å². The number of anilines is 2. The number of aromatic nitrogens is 4. The molecule has 7 nitrogen and oxygen atoms in total. The SMILES string of the molecule is O=C1N(c2ccc3ncsc3c2)CCN1c1cncc2nccn12. The molecule has 4 heterocycles. The van der Waals surface area contributed by atoms with Gasteiger partial charge in [0.25, 0.3) is 0 Å². The monoisotopic (exact) mass is 336 g/mol. The maximum atomic E-state index is 12.9. The molecule has 1 aromatic carbocycles. The summed E-state index contributed by atoms with van der Waals surface area (Å²) >= 11 is 1.58. The van der Waals surface area contributed by atoms with Crippen LogP contribution in [0.5, 0.6) is 0 Å². The van der Waals surface area contributed by atoms with Gasteiger partial charge in [0.15, 0.2) is 5.65 Å². The summed E-state index contributed by atoms with van der Waals surface area (Å²) in [6, 6.07) is 5.86. The first-order valence-corrected chi connectivity index (χ1v) is 8.38. The number of hydrogen-bond acceptors (Lipinski definition) is 5. The van der Waals surface area contributed by atoms with Gasteiger partial charge in [-0.3, -0.25) is 19.2 Å². The van der Waals surface area contributed by atoms with Crippen molar-refractivity contribution in [1.29, 1.82) is 0 Å². The van der Waals surface area contributed by atoms with Crippen LogP contribution < -0.4 is 9.80 Å². The molecular formula is C16H12N6OS. The molecule has 0 radical (unpaired) electrons. The largest absolute Gasteiger partial charge is 0.330 e. The normalized spacial score (nSPS) is 15.1. The van der Waals surface area contributed by atoms with Gasteiger partial charge in [0.1, 0.15) is 5.82 Å².